The Kier molecular flexibility index (Phi) is 6.30. The van der Waals surface area contributed by atoms with Crippen LogP contribution in [0.15, 0.2) is 76.5 Å². The van der Waals surface area contributed by atoms with Gasteiger partial charge in [-0.15, -0.1) is 0 Å². The van der Waals surface area contributed by atoms with Crippen molar-refractivity contribution in [3.05, 3.63) is 83.8 Å². The molecule has 30 heavy (non-hydrogen) atoms. The number of halogens is 2. The highest BCUT2D eigenvalue weighted by molar-refractivity contribution is 6.82. The van der Waals surface area contributed by atoms with E-state index in [1.54, 1.807) is 25.4 Å². The van der Waals surface area contributed by atoms with E-state index in [0.717, 1.165) is 24.4 Å². The first-order valence-corrected chi connectivity index (χ1v) is 9.35. The number of hydrogen-bond acceptors (Lipinski definition) is 4. The lowest BCUT2D eigenvalue weighted by molar-refractivity contribution is 0.412. The summed E-state index contributed by atoms with van der Waals surface area (Å²) in [5.41, 5.74) is 4.92. The Morgan fingerprint density at radius 2 is 1.93 bits per heavy atom. The number of allylic oxidation sites excluding steroid dienone is 2. The Bertz CT molecular complexity index is 1120. The van der Waals surface area contributed by atoms with E-state index in [1.165, 1.54) is 18.3 Å². The van der Waals surface area contributed by atoms with Gasteiger partial charge in [-0.1, -0.05) is 25.3 Å². The fraction of sp³-hybridized carbons (Fsp3) is 0.130. The summed E-state index contributed by atoms with van der Waals surface area (Å²) in [6.45, 7) is 11.7. The lowest BCUT2D eigenvalue weighted by atomic mass is 9.66. The van der Waals surface area contributed by atoms with Crippen molar-refractivity contribution in [2.75, 3.05) is 7.11 Å². The summed E-state index contributed by atoms with van der Waals surface area (Å²) in [4.78, 5) is 8.75. The van der Waals surface area contributed by atoms with Crippen molar-refractivity contribution in [2.45, 2.75) is 13.8 Å². The van der Waals surface area contributed by atoms with E-state index in [0.29, 0.717) is 34.0 Å². The molecule has 7 heteroatoms. The van der Waals surface area contributed by atoms with Gasteiger partial charge in [-0.05, 0) is 43.1 Å². The van der Waals surface area contributed by atoms with Crippen molar-refractivity contribution in [2.24, 2.45) is 9.98 Å². The van der Waals surface area contributed by atoms with Crippen LogP contribution >= 0.6 is 0 Å². The molecule has 1 aliphatic rings. The first-order valence-electron chi connectivity index (χ1n) is 9.35. The number of aliphatic imine (C=N–C) groups is 2. The third-order valence-corrected chi connectivity index (χ3v) is 4.78. The van der Waals surface area contributed by atoms with Crippen LogP contribution in [0.4, 0.5) is 14.5 Å². The van der Waals surface area contributed by atoms with Crippen LogP contribution in [0.1, 0.15) is 12.5 Å². The van der Waals surface area contributed by atoms with E-state index >= 15 is 0 Å². The molecule has 0 saturated heterocycles. The first kappa shape index (κ1) is 21.2. The molecular formula is C23H22BF2N3O. The molecule has 0 radical (unpaired) electrons. The van der Waals surface area contributed by atoms with Crippen molar-refractivity contribution < 1.29 is 13.5 Å². The summed E-state index contributed by atoms with van der Waals surface area (Å²) in [6, 6.07) is 7.43. The Balaban J connectivity index is 1.91. The summed E-state index contributed by atoms with van der Waals surface area (Å²) >= 11 is 0. The van der Waals surface area contributed by atoms with Crippen LogP contribution in [0.25, 0.3) is 11.1 Å². The van der Waals surface area contributed by atoms with Crippen molar-refractivity contribution in [3.63, 3.8) is 0 Å². The predicted octanol–water partition coefficient (Wildman–Crippen LogP) is 4.98. The second-order valence-corrected chi connectivity index (χ2v) is 6.97. The number of hydrogen-bond donors (Lipinski definition) is 1. The third-order valence-electron chi connectivity index (χ3n) is 4.78. The summed E-state index contributed by atoms with van der Waals surface area (Å²) in [5.74, 6) is -1.25. The molecule has 2 aromatic carbocycles. The zero-order valence-electron chi connectivity index (χ0n) is 17.2. The van der Waals surface area contributed by atoms with E-state index in [-0.39, 0.29) is 5.56 Å². The maximum Gasteiger partial charge on any atom is 0.215 e. The van der Waals surface area contributed by atoms with Crippen LogP contribution in [-0.2, 0) is 0 Å². The fourth-order valence-electron chi connectivity index (χ4n) is 3.19. The Labute approximate surface area is 175 Å². The highest BCUT2D eigenvalue weighted by Gasteiger charge is 2.17. The highest BCUT2D eigenvalue weighted by Crippen LogP contribution is 2.39. The lowest BCUT2D eigenvalue weighted by Crippen LogP contribution is -2.17. The maximum atomic E-state index is 14.4. The number of nitrogens with zero attached hydrogens (tertiary/aromatic N) is 2. The van der Waals surface area contributed by atoms with Gasteiger partial charge in [-0.2, -0.15) is 0 Å². The van der Waals surface area contributed by atoms with Gasteiger partial charge in [-0.3, -0.25) is 9.98 Å². The molecule has 0 aliphatic carbocycles. The van der Waals surface area contributed by atoms with Crippen LogP contribution < -0.4 is 10.1 Å². The van der Waals surface area contributed by atoms with Gasteiger partial charge < -0.3 is 10.1 Å². The quantitative estimate of drug-likeness (QED) is 0.522. The topological polar surface area (TPSA) is 46.0 Å². The van der Waals surface area contributed by atoms with E-state index in [1.807, 2.05) is 13.8 Å². The minimum absolute atomic E-state index is 0.125. The average molecular weight is 405 g/mol. The molecule has 152 valence electrons. The second-order valence-electron chi connectivity index (χ2n) is 6.97. The van der Waals surface area contributed by atoms with E-state index < -0.39 is 11.6 Å². The molecule has 2 aromatic rings. The van der Waals surface area contributed by atoms with Gasteiger partial charge in [0.15, 0.2) is 11.6 Å². The monoisotopic (exact) mass is 405 g/mol. The minimum atomic E-state index is -0.924. The lowest BCUT2D eigenvalue weighted by Gasteiger charge is -2.14. The molecule has 4 nitrogen and oxygen atoms in total. The van der Waals surface area contributed by atoms with Gasteiger partial charge >= 0.3 is 0 Å². The molecule has 0 amide bonds. The molecule has 3 rings (SSSR count). The minimum Gasteiger partial charge on any atom is -0.496 e. The normalized spacial score (nSPS) is 13.0. The smallest absolute Gasteiger partial charge is 0.215 e. The summed E-state index contributed by atoms with van der Waals surface area (Å²) < 4.78 is 33.6. The molecule has 0 unspecified atom stereocenters. The molecule has 1 aliphatic heterocycles. The second kappa shape index (κ2) is 8.90. The summed E-state index contributed by atoms with van der Waals surface area (Å²) in [5, 5.41) is 3.10. The molecule has 0 bridgehead atoms. The van der Waals surface area contributed by atoms with Crippen molar-refractivity contribution in [1.82, 2.24) is 5.32 Å². The number of ether oxygens (including phenoxy) is 1. The van der Waals surface area contributed by atoms with Gasteiger partial charge in [0, 0.05) is 34.3 Å². The number of rotatable bonds is 7. The molecule has 1 heterocycles. The van der Waals surface area contributed by atoms with Crippen LogP contribution in [0.3, 0.4) is 0 Å². The molecule has 1 N–H and O–H groups in total. The van der Waals surface area contributed by atoms with Crippen LogP contribution in [-0.4, -0.2) is 26.2 Å². The van der Waals surface area contributed by atoms with Gasteiger partial charge in [-0.25, -0.2) is 8.78 Å². The zero-order chi connectivity index (χ0) is 21.8. The molecule has 0 atom stereocenters. The van der Waals surface area contributed by atoms with Crippen molar-refractivity contribution >= 4 is 24.8 Å². The first-order chi connectivity index (χ1) is 14.3. The fourth-order valence-corrected chi connectivity index (χ4v) is 3.19. The van der Waals surface area contributed by atoms with Crippen LogP contribution in [0.5, 0.6) is 5.75 Å². The average Bonchev–Trinajstić information content (AvgIpc) is 3.15. The van der Waals surface area contributed by atoms with Crippen molar-refractivity contribution in [3.8, 4) is 16.9 Å². The molecule has 0 spiro atoms. The molecular weight excluding hydrogens is 383 g/mol. The number of benzene rings is 2. The number of nitrogens with one attached hydrogen (secondary N) is 1. The highest BCUT2D eigenvalue weighted by atomic mass is 19.2. The SMILES string of the molecule is C=C(/C=N\c1c(-c2cccc(F)c2F)ccc(OC)c1C)NC(=C)C1=CN=C(C)B1. The van der Waals surface area contributed by atoms with Gasteiger partial charge in [0.25, 0.3) is 0 Å². The number of methoxy groups -OCH3 is 1. The Morgan fingerprint density at radius 1 is 1.17 bits per heavy atom. The van der Waals surface area contributed by atoms with E-state index in [4.69, 9.17) is 4.74 Å². The van der Waals surface area contributed by atoms with Gasteiger partial charge in [0.1, 0.15) is 5.75 Å². The molecule has 0 aromatic heterocycles. The van der Waals surface area contributed by atoms with Gasteiger partial charge in [0.05, 0.1) is 19.0 Å². The molecule has 0 saturated carbocycles. The predicted molar refractivity (Wildman–Crippen MR) is 121 cm³/mol. The summed E-state index contributed by atoms with van der Waals surface area (Å²) in [7, 11) is 2.27. The van der Waals surface area contributed by atoms with Crippen LogP contribution in [0, 0.1) is 18.6 Å². The standard InChI is InChI=1S/C23H22BF2N3O/c1-13(29-15(3)19-12-27-16(4)24-19)11-28-23-14(2)21(30-5)10-9-18(23)17-7-6-8-20(25)22(17)26/h6-12,24,29H,1,3H2,2,4-5H3/b28-11-. The van der Waals surface area contributed by atoms with Gasteiger partial charge in [0.2, 0.25) is 7.28 Å². The van der Waals surface area contributed by atoms with E-state index in [2.05, 4.69) is 28.5 Å². The Morgan fingerprint density at radius 3 is 2.60 bits per heavy atom. The van der Waals surface area contributed by atoms with Crippen molar-refractivity contribution in [1.29, 1.82) is 0 Å². The Hall–Kier alpha value is -3.48. The largest absolute Gasteiger partial charge is 0.496 e. The third kappa shape index (κ3) is 4.40. The van der Waals surface area contributed by atoms with E-state index in [9.17, 15) is 8.78 Å². The van der Waals surface area contributed by atoms with Crippen LogP contribution in [0.2, 0.25) is 0 Å². The zero-order valence-corrected chi connectivity index (χ0v) is 17.2. The summed E-state index contributed by atoms with van der Waals surface area (Å²) in [6.07, 6.45) is 3.29. The molecule has 0 fully saturated rings. The maximum absolute atomic E-state index is 14.4.